The molecule has 1 aliphatic heterocycles. The number of aromatic amines is 1. The molecular formula is C18H20N4O. The lowest BCUT2D eigenvalue weighted by Gasteiger charge is -2.32. The van der Waals surface area contributed by atoms with Crippen LogP contribution in [0.4, 0.5) is 0 Å². The van der Waals surface area contributed by atoms with Crippen LogP contribution in [0.3, 0.4) is 0 Å². The van der Waals surface area contributed by atoms with Crippen LogP contribution in [0, 0.1) is 6.92 Å². The molecule has 1 atom stereocenters. The first kappa shape index (κ1) is 14.4. The van der Waals surface area contributed by atoms with Crippen molar-refractivity contribution in [2.45, 2.75) is 19.6 Å². The summed E-state index contributed by atoms with van der Waals surface area (Å²) < 4.78 is 5.88. The topological polar surface area (TPSA) is 54.0 Å². The number of para-hydroxylation sites is 1. The molecule has 2 aromatic heterocycles. The average Bonchev–Trinajstić information content (AvgIpc) is 3.02. The van der Waals surface area contributed by atoms with E-state index >= 15 is 0 Å². The summed E-state index contributed by atoms with van der Waals surface area (Å²) in [6, 6.07) is 10.4. The zero-order valence-corrected chi connectivity index (χ0v) is 13.2. The second-order valence-electron chi connectivity index (χ2n) is 6.03. The number of pyridine rings is 1. The predicted octanol–water partition coefficient (Wildman–Crippen LogP) is 2.84. The Morgan fingerprint density at radius 3 is 3.04 bits per heavy atom. The molecule has 5 nitrogen and oxygen atoms in total. The van der Waals surface area contributed by atoms with Gasteiger partial charge in [0.2, 0.25) is 0 Å². The molecule has 3 heterocycles. The molecule has 23 heavy (non-hydrogen) atoms. The number of H-pyrrole nitrogens is 1. The van der Waals surface area contributed by atoms with Crippen molar-refractivity contribution in [3.63, 3.8) is 0 Å². The van der Waals surface area contributed by atoms with Crippen molar-refractivity contribution in [1.82, 2.24) is 19.9 Å². The minimum atomic E-state index is 0.0190. The van der Waals surface area contributed by atoms with Crippen molar-refractivity contribution in [3.05, 3.63) is 59.8 Å². The summed E-state index contributed by atoms with van der Waals surface area (Å²) in [5.41, 5.74) is 3.43. The van der Waals surface area contributed by atoms with Gasteiger partial charge in [-0.15, -0.1) is 0 Å². The third kappa shape index (κ3) is 2.98. The molecule has 0 aliphatic carbocycles. The number of ether oxygens (including phenoxy) is 1. The van der Waals surface area contributed by atoms with Gasteiger partial charge in [0.15, 0.2) is 0 Å². The number of morpholine rings is 1. The van der Waals surface area contributed by atoms with Gasteiger partial charge < -0.3 is 9.72 Å². The minimum absolute atomic E-state index is 0.0190. The van der Waals surface area contributed by atoms with E-state index in [1.807, 2.05) is 25.4 Å². The summed E-state index contributed by atoms with van der Waals surface area (Å²) >= 11 is 0. The predicted molar refractivity (Wildman–Crippen MR) is 89.0 cm³/mol. The van der Waals surface area contributed by atoms with Gasteiger partial charge in [0.1, 0.15) is 11.9 Å². The fourth-order valence-corrected chi connectivity index (χ4v) is 3.14. The first-order valence-corrected chi connectivity index (χ1v) is 7.98. The monoisotopic (exact) mass is 308 g/mol. The maximum absolute atomic E-state index is 5.88. The Morgan fingerprint density at radius 2 is 2.17 bits per heavy atom. The number of aromatic nitrogens is 3. The van der Waals surface area contributed by atoms with Gasteiger partial charge in [0.05, 0.1) is 12.1 Å². The standard InChI is InChI=1S/C18H20N4O/c1-13-10-20-18(21-13)17-12-22(8-9-23-17)11-14-6-7-19-16-5-3-2-4-15(14)16/h2-7,10,17H,8-9,11-12H2,1H3,(H,20,21). The van der Waals surface area contributed by atoms with Crippen LogP contribution in [0.15, 0.2) is 42.7 Å². The van der Waals surface area contributed by atoms with Crippen LogP contribution in [0.25, 0.3) is 10.9 Å². The van der Waals surface area contributed by atoms with Crippen LogP contribution in [-0.2, 0) is 11.3 Å². The Kier molecular flexibility index (Phi) is 3.81. The molecule has 0 radical (unpaired) electrons. The highest BCUT2D eigenvalue weighted by Crippen LogP contribution is 2.23. The SMILES string of the molecule is Cc1cnc(C2CN(Cc3ccnc4ccccc34)CCO2)[nH]1. The van der Waals surface area contributed by atoms with Crippen molar-refractivity contribution in [2.24, 2.45) is 0 Å². The molecule has 4 rings (SSSR count). The molecule has 1 fully saturated rings. The van der Waals surface area contributed by atoms with E-state index < -0.39 is 0 Å². The summed E-state index contributed by atoms with van der Waals surface area (Å²) in [5, 5.41) is 1.23. The number of fused-ring (bicyclic) bond motifs is 1. The molecule has 0 spiro atoms. The van der Waals surface area contributed by atoms with Crippen LogP contribution in [0.1, 0.15) is 23.2 Å². The third-order valence-electron chi connectivity index (χ3n) is 4.31. The quantitative estimate of drug-likeness (QED) is 0.808. The van der Waals surface area contributed by atoms with Gasteiger partial charge in [-0.1, -0.05) is 18.2 Å². The summed E-state index contributed by atoms with van der Waals surface area (Å²) in [4.78, 5) is 14.6. The summed E-state index contributed by atoms with van der Waals surface area (Å²) in [5.74, 6) is 0.923. The van der Waals surface area contributed by atoms with Gasteiger partial charge in [0.25, 0.3) is 0 Å². The zero-order chi connectivity index (χ0) is 15.6. The Morgan fingerprint density at radius 1 is 1.26 bits per heavy atom. The summed E-state index contributed by atoms with van der Waals surface area (Å²) in [7, 11) is 0. The van der Waals surface area contributed by atoms with Crippen molar-refractivity contribution >= 4 is 10.9 Å². The van der Waals surface area contributed by atoms with Gasteiger partial charge in [-0.05, 0) is 24.6 Å². The largest absolute Gasteiger partial charge is 0.368 e. The number of hydrogen-bond donors (Lipinski definition) is 1. The third-order valence-corrected chi connectivity index (χ3v) is 4.31. The van der Waals surface area contributed by atoms with Crippen molar-refractivity contribution in [2.75, 3.05) is 19.7 Å². The molecule has 3 aromatic rings. The minimum Gasteiger partial charge on any atom is -0.368 e. The van der Waals surface area contributed by atoms with Crippen LogP contribution < -0.4 is 0 Å². The highest BCUT2D eigenvalue weighted by molar-refractivity contribution is 5.81. The second-order valence-corrected chi connectivity index (χ2v) is 6.03. The number of imidazole rings is 1. The lowest BCUT2D eigenvalue weighted by atomic mass is 10.1. The van der Waals surface area contributed by atoms with E-state index in [2.05, 4.69) is 44.1 Å². The van der Waals surface area contributed by atoms with Crippen LogP contribution in [0.5, 0.6) is 0 Å². The molecule has 1 N–H and O–H groups in total. The van der Waals surface area contributed by atoms with E-state index in [-0.39, 0.29) is 6.10 Å². The second kappa shape index (κ2) is 6.10. The van der Waals surface area contributed by atoms with Crippen LogP contribution >= 0.6 is 0 Å². The Hall–Kier alpha value is -2.24. The molecule has 1 aromatic carbocycles. The van der Waals surface area contributed by atoms with Gasteiger partial charge in [-0.25, -0.2) is 4.98 Å². The fraction of sp³-hybridized carbons (Fsp3) is 0.333. The molecular weight excluding hydrogens is 288 g/mol. The van der Waals surface area contributed by atoms with Gasteiger partial charge in [-0.3, -0.25) is 9.88 Å². The van der Waals surface area contributed by atoms with E-state index in [0.29, 0.717) is 0 Å². The number of aryl methyl sites for hydroxylation is 1. The maximum Gasteiger partial charge on any atom is 0.136 e. The fourth-order valence-electron chi connectivity index (χ4n) is 3.14. The maximum atomic E-state index is 5.88. The lowest BCUT2D eigenvalue weighted by Crippen LogP contribution is -2.38. The van der Waals surface area contributed by atoms with Crippen LogP contribution in [-0.4, -0.2) is 39.5 Å². The summed E-state index contributed by atoms with van der Waals surface area (Å²) in [6.45, 7) is 5.44. The average molecular weight is 308 g/mol. The Balaban J connectivity index is 1.54. The zero-order valence-electron chi connectivity index (χ0n) is 13.2. The molecule has 0 saturated carbocycles. The normalized spacial score (nSPS) is 19.3. The van der Waals surface area contributed by atoms with E-state index in [4.69, 9.17) is 4.74 Å². The highest BCUT2D eigenvalue weighted by atomic mass is 16.5. The number of benzene rings is 1. The first-order chi connectivity index (χ1) is 11.3. The lowest BCUT2D eigenvalue weighted by molar-refractivity contribution is -0.0367. The molecule has 1 unspecified atom stereocenters. The van der Waals surface area contributed by atoms with Gasteiger partial charge in [-0.2, -0.15) is 0 Å². The number of nitrogens with one attached hydrogen (secondary N) is 1. The molecule has 1 aliphatic rings. The molecule has 5 heteroatoms. The van der Waals surface area contributed by atoms with Gasteiger partial charge in [0, 0.05) is 43.1 Å². The smallest absolute Gasteiger partial charge is 0.136 e. The van der Waals surface area contributed by atoms with E-state index in [1.54, 1.807) is 0 Å². The Labute approximate surface area is 135 Å². The summed E-state index contributed by atoms with van der Waals surface area (Å²) in [6.07, 6.45) is 3.77. The molecule has 0 bridgehead atoms. The van der Waals surface area contributed by atoms with E-state index in [1.165, 1.54) is 10.9 Å². The number of hydrogen-bond acceptors (Lipinski definition) is 4. The molecule has 118 valence electrons. The van der Waals surface area contributed by atoms with E-state index in [0.717, 1.165) is 43.3 Å². The van der Waals surface area contributed by atoms with E-state index in [9.17, 15) is 0 Å². The molecule has 0 amide bonds. The Bertz CT molecular complexity index is 808. The van der Waals surface area contributed by atoms with Crippen LogP contribution in [0.2, 0.25) is 0 Å². The number of rotatable bonds is 3. The van der Waals surface area contributed by atoms with Crippen molar-refractivity contribution in [3.8, 4) is 0 Å². The highest BCUT2D eigenvalue weighted by Gasteiger charge is 2.24. The number of nitrogens with zero attached hydrogens (tertiary/aromatic N) is 3. The van der Waals surface area contributed by atoms with Crippen molar-refractivity contribution in [1.29, 1.82) is 0 Å². The van der Waals surface area contributed by atoms with Gasteiger partial charge >= 0.3 is 0 Å². The molecule has 1 saturated heterocycles. The first-order valence-electron chi connectivity index (χ1n) is 7.98. The van der Waals surface area contributed by atoms with Crippen molar-refractivity contribution < 1.29 is 4.74 Å².